The molecule has 0 aromatic heterocycles. The maximum Gasteiger partial charge on any atom is 0.187 e. The number of hydrogen-bond acceptors (Lipinski definition) is 55. The molecule has 126 heavy (non-hydrogen) atoms. The zero-order valence-corrected chi connectivity index (χ0v) is 67.1. The number of hydrogen-bond donors (Lipinski definition) is 34. The third kappa shape index (κ3) is 22.9. The van der Waals surface area contributed by atoms with Crippen LogP contribution < -0.4 is 0 Å². The molecule has 11 fully saturated rings. The van der Waals surface area contributed by atoms with Crippen molar-refractivity contribution in [3.8, 4) is 0 Å². The van der Waals surface area contributed by atoms with Crippen LogP contribution >= 0.6 is 0 Å². The van der Waals surface area contributed by atoms with Crippen molar-refractivity contribution in [1.29, 1.82) is 0 Å². The summed E-state index contributed by atoms with van der Waals surface area (Å²) in [5.74, 6) is -6.50. The molecule has 55 nitrogen and oxygen atoms in total. The zero-order valence-electron chi connectivity index (χ0n) is 67.1. The summed E-state index contributed by atoms with van der Waals surface area (Å²) in [4.78, 5) is 0. The standard InChI is InChI=1S/C71H122O55/c1-17-33(78)47(92)44(89)30(115-17)14-111-62-38(83)20(34(79)23(3-73)117-62)11-109-71-61(126-70-55(100)36(81)18(22(2-72)116-70)8-106-65-56(101)48(93)40(85)24(4-74)118-65)53(98)46(91)32(125-71)16-114-64-54(99)37(82)19(28(122-64)12-110-68-58(103)50(95)42(87)26(6-76)120-68)9-107-67-60(105)52(97)45(90)31(124-67)15-112-63-39(84)21(10-108-66-57(102)49(94)41(86)25(5-75)119-66)35(80)29(123-63)13-113-69-59(104)51(96)43(88)27(7-77)121-69/h17-105H,2-16H2,1H3/t17?,18?,19?,20-,21-,22?,23?,24?,25?,26?,27?,28?,29?,30?,31?,32?,33?,34?,35?,36-,37-,38?,39?,40?,41?,42?,43?,44?,45?,46?,47+,48-,49-,50-,51-,52-,53-,54?,55?,56?,57?,58?,59?,60?,61?,62?,63?,64?,65?,66?,67?,68?,69?,70?,71?/m0/s1. The Bertz CT molecular complexity index is 3190. The van der Waals surface area contributed by atoms with Gasteiger partial charge in [-0.05, 0) is 6.92 Å². The molecule has 0 aromatic rings. The first-order valence-electron chi connectivity index (χ1n) is 40.9. The Morgan fingerprint density at radius 3 is 0.714 bits per heavy atom. The van der Waals surface area contributed by atoms with Gasteiger partial charge in [0.15, 0.2) is 62.9 Å². The van der Waals surface area contributed by atoms with E-state index < -0.39 is 436 Å². The minimum absolute atomic E-state index is 0.667. The lowest BCUT2D eigenvalue weighted by Gasteiger charge is -2.48. The molecule has 0 spiro atoms. The van der Waals surface area contributed by atoms with E-state index >= 15 is 0 Å². The van der Waals surface area contributed by atoms with Crippen LogP contribution in [-0.2, 0) is 99.5 Å². The van der Waals surface area contributed by atoms with E-state index in [-0.39, 0.29) is 0 Å². The van der Waals surface area contributed by atoms with E-state index in [9.17, 15) is 174 Å². The van der Waals surface area contributed by atoms with Gasteiger partial charge in [0.05, 0.1) is 142 Å². The molecule has 11 rings (SSSR count). The van der Waals surface area contributed by atoms with Crippen LogP contribution in [0, 0.1) is 23.7 Å². The first kappa shape index (κ1) is 104. The lowest BCUT2D eigenvalue weighted by molar-refractivity contribution is -0.377. The summed E-state index contributed by atoms with van der Waals surface area (Å²) < 4.78 is 121. The normalized spacial score (nSPS) is 52.5. The second-order valence-corrected chi connectivity index (χ2v) is 32.9. The van der Waals surface area contributed by atoms with Crippen molar-refractivity contribution in [3.63, 3.8) is 0 Å². The second kappa shape index (κ2) is 46.1. The third-order valence-electron chi connectivity index (χ3n) is 24.6. The van der Waals surface area contributed by atoms with Gasteiger partial charge < -0.3 is 273 Å². The highest BCUT2D eigenvalue weighted by atomic mass is 16.8. The van der Waals surface area contributed by atoms with Crippen LogP contribution in [0.4, 0.5) is 0 Å². The summed E-state index contributed by atoms with van der Waals surface area (Å²) in [5.41, 5.74) is 0. The Hall–Kier alpha value is -2.20. The van der Waals surface area contributed by atoms with Crippen molar-refractivity contribution in [3.05, 3.63) is 0 Å². The summed E-state index contributed by atoms with van der Waals surface area (Å²) in [6, 6.07) is 0. The largest absolute Gasteiger partial charge is 0.394 e. The fraction of sp³-hybridized carbons (Fsp3) is 1.00. The maximum absolute atomic E-state index is 12.2. The Balaban J connectivity index is 0.801. The molecule has 11 aliphatic heterocycles. The highest BCUT2D eigenvalue weighted by Gasteiger charge is 2.59. The van der Waals surface area contributed by atoms with Crippen LogP contribution in [0.5, 0.6) is 0 Å². The van der Waals surface area contributed by atoms with Crippen LogP contribution in [-0.4, -0.2) is 586 Å². The van der Waals surface area contributed by atoms with Gasteiger partial charge in [0, 0.05) is 23.7 Å². The maximum atomic E-state index is 12.2. The van der Waals surface area contributed by atoms with Crippen molar-refractivity contribution < 1.29 is 273 Å². The van der Waals surface area contributed by atoms with Crippen molar-refractivity contribution in [2.75, 3.05) is 99.1 Å². The molecular weight excluding hydrogens is 1730 g/mol. The van der Waals surface area contributed by atoms with Crippen LogP contribution in [0.2, 0.25) is 0 Å². The van der Waals surface area contributed by atoms with Crippen LogP contribution in [0.1, 0.15) is 6.92 Å². The predicted molar refractivity (Wildman–Crippen MR) is 384 cm³/mol. The average Bonchev–Trinajstić information content (AvgIpc) is 0.774. The molecule has 44 unspecified atom stereocenters. The molecule has 0 amide bonds. The molecule has 0 aromatic carbocycles. The Morgan fingerprint density at radius 1 is 0.159 bits per heavy atom. The first-order valence-corrected chi connectivity index (χ1v) is 40.9. The smallest absolute Gasteiger partial charge is 0.187 e. The summed E-state index contributed by atoms with van der Waals surface area (Å²) in [6.45, 7) is -12.3. The van der Waals surface area contributed by atoms with E-state index in [2.05, 4.69) is 0 Å². The number of rotatable bonds is 35. The second-order valence-electron chi connectivity index (χ2n) is 32.9. The molecule has 55 atom stereocenters. The van der Waals surface area contributed by atoms with E-state index in [1.54, 1.807) is 0 Å². The van der Waals surface area contributed by atoms with Gasteiger partial charge >= 0.3 is 0 Å². The summed E-state index contributed by atoms with van der Waals surface area (Å²) in [6.07, 6.45) is -97.6. The van der Waals surface area contributed by atoms with Crippen molar-refractivity contribution in [2.24, 2.45) is 23.7 Å². The van der Waals surface area contributed by atoms with Gasteiger partial charge in [-0.15, -0.1) is 0 Å². The molecular formula is C71H122O55. The highest BCUT2D eigenvalue weighted by Crippen LogP contribution is 2.40. The van der Waals surface area contributed by atoms with E-state index in [0.717, 1.165) is 0 Å². The summed E-state index contributed by atoms with van der Waals surface area (Å²) in [5, 5.41) is 371. The average molecular weight is 1860 g/mol. The van der Waals surface area contributed by atoms with Gasteiger partial charge in [0.1, 0.15) is 208 Å². The van der Waals surface area contributed by atoms with E-state index in [0.29, 0.717) is 0 Å². The van der Waals surface area contributed by atoms with Crippen LogP contribution in [0.25, 0.3) is 0 Å². The Labute approximate surface area is 714 Å². The Kier molecular flexibility index (Phi) is 38.2. The van der Waals surface area contributed by atoms with E-state index in [1.165, 1.54) is 6.92 Å². The molecule has 11 aliphatic rings. The molecule has 0 bridgehead atoms. The fourth-order valence-electron chi connectivity index (χ4n) is 16.5. The lowest BCUT2D eigenvalue weighted by atomic mass is 9.89. The molecule has 736 valence electrons. The molecule has 0 aliphatic carbocycles. The van der Waals surface area contributed by atoms with Gasteiger partial charge in [0.2, 0.25) is 0 Å². The number of aliphatic hydroxyl groups excluding tert-OH is 34. The van der Waals surface area contributed by atoms with Gasteiger partial charge in [0.25, 0.3) is 0 Å². The number of aliphatic hydroxyl groups is 34. The molecule has 55 heteroatoms. The van der Waals surface area contributed by atoms with Crippen molar-refractivity contribution >= 4 is 0 Å². The molecule has 0 saturated carbocycles. The van der Waals surface area contributed by atoms with E-state index in [1.807, 2.05) is 0 Å². The van der Waals surface area contributed by atoms with Crippen LogP contribution in [0.3, 0.4) is 0 Å². The van der Waals surface area contributed by atoms with Gasteiger partial charge in [-0.2, -0.15) is 0 Å². The molecule has 11 saturated heterocycles. The topological polar surface area (TPSA) is 882 Å². The molecule has 0 radical (unpaired) electrons. The highest BCUT2D eigenvalue weighted by molar-refractivity contribution is 5.02. The number of ether oxygens (including phenoxy) is 21. The zero-order chi connectivity index (χ0) is 92.2. The minimum Gasteiger partial charge on any atom is -0.394 e. The van der Waals surface area contributed by atoms with Gasteiger partial charge in [-0.3, -0.25) is 0 Å². The summed E-state index contributed by atoms with van der Waals surface area (Å²) in [7, 11) is 0. The minimum atomic E-state index is -2.37. The monoisotopic (exact) mass is 1850 g/mol. The predicted octanol–water partition coefficient (Wildman–Crippen LogP) is -22.9. The van der Waals surface area contributed by atoms with E-state index in [4.69, 9.17) is 99.5 Å². The van der Waals surface area contributed by atoms with Crippen LogP contribution in [0.15, 0.2) is 0 Å². The van der Waals surface area contributed by atoms with Crippen molar-refractivity contribution in [2.45, 2.75) is 320 Å². The summed E-state index contributed by atoms with van der Waals surface area (Å²) >= 11 is 0. The first-order chi connectivity index (χ1) is 59.7. The Morgan fingerprint density at radius 2 is 0.365 bits per heavy atom. The van der Waals surface area contributed by atoms with Gasteiger partial charge in [-0.1, -0.05) is 0 Å². The van der Waals surface area contributed by atoms with Gasteiger partial charge in [-0.25, -0.2) is 0 Å². The lowest BCUT2D eigenvalue weighted by Crippen LogP contribution is -2.65. The third-order valence-corrected chi connectivity index (χ3v) is 24.6. The van der Waals surface area contributed by atoms with Crippen molar-refractivity contribution in [1.82, 2.24) is 0 Å². The SMILES string of the molecule is CC1OC(COC2OC(CO)C(O)[C@H](COC3OC(COC4OC(COC5OC(CO)C(O)[C@H](O)C5O)C(COC5OC(COC6OC(COC7OC(CO)C(O)[C@H](O)C7O)C(O)[C@H](COC7OC(CO)C(O)[C@H](O)C7O)C6O)C(O)[C@H](O)C5O)[C@H](O)C4O)C(O)[C@H](O)C3OC3OC(CO)C(COC4OC(CO)C(O)[C@H](O)C4O)[C@H](O)C3O)C2O)C(O)[C@H](O)C1O. The molecule has 34 N–H and O–H groups in total. The molecule has 11 heterocycles. The quantitative estimate of drug-likeness (QED) is 0.0280. The fourth-order valence-corrected chi connectivity index (χ4v) is 16.5.